The van der Waals surface area contributed by atoms with Crippen LogP contribution in [0.25, 0.3) is 0 Å². The molecule has 0 bridgehead atoms. The number of carbonyl (C=O) groups is 2. The first-order valence-electron chi connectivity index (χ1n) is 6.36. The lowest BCUT2D eigenvalue weighted by Gasteiger charge is -2.10. The van der Waals surface area contributed by atoms with Gasteiger partial charge in [0.1, 0.15) is 0 Å². The predicted octanol–water partition coefficient (Wildman–Crippen LogP) is -0.389. The Morgan fingerprint density at radius 2 is 1.46 bits per heavy atom. The molecule has 0 saturated heterocycles. The fourth-order valence-corrected chi connectivity index (χ4v) is 3.32. The largest absolute Gasteiger partial charge is 0.440 e. The first kappa shape index (κ1) is 23.1. The van der Waals surface area contributed by atoms with Crippen molar-refractivity contribution in [3.63, 3.8) is 0 Å². The maximum atomic E-state index is 11.6. The van der Waals surface area contributed by atoms with Gasteiger partial charge in [-0.1, -0.05) is 21.6 Å². The molecule has 0 amide bonds. The van der Waals surface area contributed by atoms with Gasteiger partial charge in [0, 0.05) is 11.5 Å². The molecule has 2 atom stereocenters. The van der Waals surface area contributed by atoms with Crippen LogP contribution in [0.1, 0.15) is 0 Å². The Bertz CT molecular complexity index is 663. The molecule has 12 nitrogen and oxygen atoms in total. The van der Waals surface area contributed by atoms with Crippen LogP contribution < -0.4 is 0 Å². The Morgan fingerprint density at radius 3 is 1.92 bits per heavy atom. The average Bonchev–Trinajstić information content (AvgIpc) is 2.63. The van der Waals surface area contributed by atoms with Gasteiger partial charge in [0.2, 0.25) is 25.0 Å². The van der Waals surface area contributed by atoms with E-state index < -0.39 is 37.5 Å². The van der Waals surface area contributed by atoms with E-state index in [1.807, 2.05) is 0 Å². The Balaban J connectivity index is 4.45. The number of carbonyl (C=O) groups excluding carboxylic acids is 5. The van der Waals surface area contributed by atoms with E-state index in [9.17, 15) is 24.0 Å². The molecule has 138 valence electrons. The normalized spacial score (nSPS) is 11.2. The van der Waals surface area contributed by atoms with Crippen molar-refractivity contribution in [2.24, 2.45) is 15.0 Å². The molecular weight excluding hydrogens is 392 g/mol. The van der Waals surface area contributed by atoms with E-state index in [0.29, 0.717) is 0 Å². The van der Waals surface area contributed by atoms with Crippen LogP contribution in [0.5, 0.6) is 0 Å². The van der Waals surface area contributed by atoms with E-state index in [2.05, 4.69) is 29.2 Å². The first-order chi connectivity index (χ1) is 12.6. The van der Waals surface area contributed by atoms with Crippen LogP contribution in [0.2, 0.25) is 0 Å². The van der Waals surface area contributed by atoms with E-state index in [1.165, 1.54) is 24.5 Å². The summed E-state index contributed by atoms with van der Waals surface area (Å²) in [6.07, 6.45) is 4.89. The highest BCUT2D eigenvalue weighted by atomic mass is 33.1. The minimum Gasteiger partial charge on any atom is -0.440 e. The second kappa shape index (κ2) is 15.6. The molecule has 0 aromatic heterocycles. The first-order valence-corrected chi connectivity index (χ1v) is 8.85. The highest BCUT2D eigenvalue weighted by Gasteiger charge is 2.22. The third kappa shape index (κ3) is 10.8. The number of isocyanates is 3. The Hall–Kier alpha value is -2.93. The zero-order valence-corrected chi connectivity index (χ0v) is 14.5. The topological polar surface area (TPSA) is 174 Å². The van der Waals surface area contributed by atoms with Crippen LogP contribution in [0, 0.1) is 11.5 Å². The summed E-state index contributed by atoms with van der Waals surface area (Å²) in [7, 11) is 2.05. The van der Waals surface area contributed by atoms with Crippen LogP contribution in [0.15, 0.2) is 15.0 Å². The molecule has 0 aromatic carbocycles. The average molecular weight is 402 g/mol. The van der Waals surface area contributed by atoms with Crippen LogP contribution in [-0.2, 0) is 38.2 Å². The molecular formula is C12H10N4O8S2. The minimum atomic E-state index is -1.20. The SMILES string of the molecule is N#COCOC(=O)C(CSSCC(N=C=O)C(=O)OCN=C=O)N=C=O. The van der Waals surface area contributed by atoms with Gasteiger partial charge in [0.15, 0.2) is 18.8 Å². The van der Waals surface area contributed by atoms with E-state index >= 15 is 0 Å². The van der Waals surface area contributed by atoms with Crippen LogP contribution in [0.4, 0.5) is 0 Å². The van der Waals surface area contributed by atoms with Gasteiger partial charge in [-0.05, 0) is 0 Å². The molecule has 0 saturated carbocycles. The van der Waals surface area contributed by atoms with Gasteiger partial charge in [-0.2, -0.15) is 20.2 Å². The van der Waals surface area contributed by atoms with E-state index in [1.54, 1.807) is 0 Å². The minimum absolute atomic E-state index is 0.0341. The number of esters is 2. The maximum absolute atomic E-state index is 11.6. The number of aliphatic imine (C=N–C) groups is 3. The molecule has 0 fully saturated rings. The smallest absolute Gasteiger partial charge is 0.335 e. The lowest BCUT2D eigenvalue weighted by molar-refractivity contribution is -0.152. The van der Waals surface area contributed by atoms with Crippen molar-refractivity contribution in [3.8, 4) is 6.26 Å². The molecule has 0 spiro atoms. The summed E-state index contributed by atoms with van der Waals surface area (Å²) < 4.78 is 13.3. The monoisotopic (exact) mass is 402 g/mol. The molecule has 0 aliphatic carbocycles. The summed E-state index contributed by atoms with van der Waals surface area (Å²) in [5.41, 5.74) is 0. The number of nitrogens with zero attached hydrogens (tertiary/aromatic N) is 4. The number of hydrogen-bond donors (Lipinski definition) is 0. The fraction of sp³-hybridized carbons (Fsp3) is 0.500. The van der Waals surface area contributed by atoms with E-state index in [0.717, 1.165) is 21.6 Å². The molecule has 0 heterocycles. The van der Waals surface area contributed by atoms with Gasteiger partial charge in [-0.15, -0.1) is 0 Å². The highest BCUT2D eigenvalue weighted by molar-refractivity contribution is 8.76. The van der Waals surface area contributed by atoms with Crippen LogP contribution >= 0.6 is 21.6 Å². The van der Waals surface area contributed by atoms with Crippen LogP contribution in [0.3, 0.4) is 0 Å². The van der Waals surface area contributed by atoms with Crippen molar-refractivity contribution >= 4 is 51.8 Å². The van der Waals surface area contributed by atoms with Crippen LogP contribution in [-0.4, -0.2) is 67.3 Å². The van der Waals surface area contributed by atoms with Crippen molar-refractivity contribution < 1.29 is 38.2 Å². The molecule has 0 radical (unpaired) electrons. The fourth-order valence-electron chi connectivity index (χ4n) is 1.10. The molecule has 0 aliphatic heterocycles. The molecule has 0 aliphatic rings. The number of rotatable bonds is 13. The van der Waals surface area contributed by atoms with Gasteiger partial charge in [0.05, 0.1) is 0 Å². The standard InChI is InChI=1S/C12H10N4O8S2/c13-3-22-8-24-12(21)10(16-6-19)2-26-25-1-9(15-5-18)11(20)23-7-14-4-17/h9-10H,1-2,7-8H2. The summed E-state index contributed by atoms with van der Waals surface area (Å²) in [6.45, 7) is -1.18. The predicted molar refractivity (Wildman–Crippen MR) is 85.5 cm³/mol. The Labute approximate surface area is 154 Å². The van der Waals surface area contributed by atoms with Gasteiger partial charge in [-0.3, -0.25) is 0 Å². The zero-order valence-electron chi connectivity index (χ0n) is 12.9. The van der Waals surface area contributed by atoms with Crippen molar-refractivity contribution in [2.45, 2.75) is 12.1 Å². The van der Waals surface area contributed by atoms with Gasteiger partial charge < -0.3 is 14.2 Å². The number of hydrogen-bond acceptors (Lipinski definition) is 14. The zero-order chi connectivity index (χ0) is 19.6. The maximum Gasteiger partial charge on any atom is 0.335 e. The van der Waals surface area contributed by atoms with Gasteiger partial charge in [-0.25, -0.2) is 24.0 Å². The molecule has 2 unspecified atom stereocenters. The molecule has 0 aromatic rings. The van der Waals surface area contributed by atoms with E-state index in [4.69, 9.17) is 5.26 Å². The second-order valence-electron chi connectivity index (χ2n) is 3.70. The quantitative estimate of drug-likeness (QED) is 0.0746. The number of nitriles is 1. The van der Waals surface area contributed by atoms with Gasteiger partial charge in [0.25, 0.3) is 6.26 Å². The lowest BCUT2D eigenvalue weighted by atomic mass is 10.4. The summed E-state index contributed by atoms with van der Waals surface area (Å²) >= 11 is 0. The third-order valence-electron chi connectivity index (χ3n) is 2.16. The Kier molecular flexibility index (Phi) is 13.8. The van der Waals surface area contributed by atoms with Crippen molar-refractivity contribution in [1.29, 1.82) is 5.26 Å². The highest BCUT2D eigenvalue weighted by Crippen LogP contribution is 2.25. The summed E-state index contributed by atoms with van der Waals surface area (Å²) in [5.74, 6) is -1.89. The second-order valence-corrected chi connectivity index (χ2v) is 6.25. The van der Waals surface area contributed by atoms with Crippen molar-refractivity contribution in [2.75, 3.05) is 25.0 Å². The summed E-state index contributed by atoms with van der Waals surface area (Å²) in [5, 5.41) is 8.15. The van der Waals surface area contributed by atoms with E-state index in [-0.39, 0.29) is 11.5 Å². The molecule has 14 heteroatoms. The molecule has 26 heavy (non-hydrogen) atoms. The summed E-state index contributed by atoms with van der Waals surface area (Å²) in [6, 6.07) is -2.40. The van der Waals surface area contributed by atoms with Gasteiger partial charge >= 0.3 is 11.9 Å². The number of ether oxygens (including phenoxy) is 3. The lowest BCUT2D eigenvalue weighted by Crippen LogP contribution is -2.25. The van der Waals surface area contributed by atoms with Crippen molar-refractivity contribution in [3.05, 3.63) is 0 Å². The summed E-state index contributed by atoms with van der Waals surface area (Å²) in [4.78, 5) is 63.3. The van der Waals surface area contributed by atoms with Crippen molar-refractivity contribution in [1.82, 2.24) is 0 Å². The third-order valence-corrected chi connectivity index (χ3v) is 4.54. The molecule has 0 rings (SSSR count). The molecule has 0 N–H and O–H groups in total. The Morgan fingerprint density at radius 1 is 0.923 bits per heavy atom.